The van der Waals surface area contributed by atoms with Gasteiger partial charge in [0.05, 0.1) is 18.7 Å². The number of aryl methyl sites for hydroxylation is 2. The monoisotopic (exact) mass is 253 g/mol. The minimum atomic E-state index is -0.186. The molecule has 0 saturated carbocycles. The van der Waals surface area contributed by atoms with Crippen LogP contribution in [0.25, 0.3) is 0 Å². The fourth-order valence-corrected chi connectivity index (χ4v) is 1.90. The van der Waals surface area contributed by atoms with Gasteiger partial charge >= 0.3 is 5.97 Å². The van der Waals surface area contributed by atoms with Crippen LogP contribution in [0.2, 0.25) is 0 Å². The molecule has 18 heavy (non-hydrogen) atoms. The predicted octanol–water partition coefficient (Wildman–Crippen LogP) is 1.32. The molecular weight excluding hydrogens is 230 g/mol. The van der Waals surface area contributed by atoms with Crippen LogP contribution in [-0.2, 0) is 23.1 Å². The van der Waals surface area contributed by atoms with E-state index in [4.69, 9.17) is 4.74 Å². The molecular formula is C13H23N3O2. The van der Waals surface area contributed by atoms with Gasteiger partial charge in [0, 0.05) is 30.9 Å². The molecule has 0 spiro atoms. The van der Waals surface area contributed by atoms with E-state index in [9.17, 15) is 4.79 Å². The molecule has 0 fully saturated rings. The number of nitrogens with zero attached hydrogens (tertiary/aromatic N) is 2. The first-order valence-electron chi connectivity index (χ1n) is 6.18. The fourth-order valence-electron chi connectivity index (χ4n) is 1.90. The SMILES string of the molecule is COC(=O)C(C)C(C)NCc1c(C)nn(C)c1C. The third-order valence-electron chi connectivity index (χ3n) is 3.58. The van der Waals surface area contributed by atoms with Crippen molar-refractivity contribution in [2.75, 3.05) is 7.11 Å². The van der Waals surface area contributed by atoms with E-state index in [1.165, 1.54) is 12.7 Å². The van der Waals surface area contributed by atoms with Crippen LogP contribution in [0.1, 0.15) is 30.8 Å². The van der Waals surface area contributed by atoms with Crippen LogP contribution >= 0.6 is 0 Å². The highest BCUT2D eigenvalue weighted by atomic mass is 16.5. The average molecular weight is 253 g/mol. The molecule has 0 aliphatic carbocycles. The second kappa shape index (κ2) is 6.00. The highest BCUT2D eigenvalue weighted by molar-refractivity contribution is 5.72. The lowest BCUT2D eigenvalue weighted by Crippen LogP contribution is -2.36. The summed E-state index contributed by atoms with van der Waals surface area (Å²) in [5.74, 6) is -0.345. The molecule has 0 aliphatic heterocycles. The number of esters is 1. The van der Waals surface area contributed by atoms with Crippen molar-refractivity contribution in [2.24, 2.45) is 13.0 Å². The number of ether oxygens (including phenoxy) is 1. The second-order valence-electron chi connectivity index (χ2n) is 4.75. The third kappa shape index (κ3) is 3.10. The Morgan fingerprint density at radius 3 is 2.50 bits per heavy atom. The van der Waals surface area contributed by atoms with Crippen molar-refractivity contribution in [3.63, 3.8) is 0 Å². The Morgan fingerprint density at radius 2 is 2.06 bits per heavy atom. The summed E-state index contributed by atoms with van der Waals surface area (Å²) in [6, 6.07) is 0.0662. The summed E-state index contributed by atoms with van der Waals surface area (Å²) < 4.78 is 6.62. The van der Waals surface area contributed by atoms with Crippen LogP contribution in [-0.4, -0.2) is 28.9 Å². The fraction of sp³-hybridized carbons (Fsp3) is 0.692. The maximum absolute atomic E-state index is 11.4. The predicted molar refractivity (Wildman–Crippen MR) is 70.2 cm³/mol. The van der Waals surface area contributed by atoms with Crippen molar-refractivity contribution in [2.45, 2.75) is 40.3 Å². The molecule has 1 aromatic heterocycles. The third-order valence-corrected chi connectivity index (χ3v) is 3.58. The number of hydrogen-bond acceptors (Lipinski definition) is 4. The maximum atomic E-state index is 11.4. The Bertz CT molecular complexity index is 426. The molecule has 2 atom stereocenters. The van der Waals surface area contributed by atoms with Gasteiger partial charge in [-0.05, 0) is 20.8 Å². The molecule has 1 rings (SSSR count). The normalized spacial score (nSPS) is 14.3. The molecule has 0 aromatic carbocycles. The van der Waals surface area contributed by atoms with Gasteiger partial charge in [0.25, 0.3) is 0 Å². The lowest BCUT2D eigenvalue weighted by atomic mass is 10.0. The Labute approximate surface area is 109 Å². The number of hydrogen-bond donors (Lipinski definition) is 1. The largest absolute Gasteiger partial charge is 0.469 e. The van der Waals surface area contributed by atoms with Crippen molar-refractivity contribution in [3.8, 4) is 0 Å². The zero-order chi connectivity index (χ0) is 13.9. The minimum Gasteiger partial charge on any atom is -0.469 e. The van der Waals surface area contributed by atoms with Gasteiger partial charge in [-0.2, -0.15) is 5.10 Å². The Morgan fingerprint density at radius 1 is 1.44 bits per heavy atom. The van der Waals surface area contributed by atoms with Gasteiger partial charge in [0.2, 0.25) is 0 Å². The zero-order valence-electron chi connectivity index (χ0n) is 12.1. The average Bonchev–Trinajstić information content (AvgIpc) is 2.59. The number of aromatic nitrogens is 2. The van der Waals surface area contributed by atoms with Crippen molar-refractivity contribution in [1.82, 2.24) is 15.1 Å². The smallest absolute Gasteiger partial charge is 0.309 e. The Kier molecular flexibility index (Phi) is 4.90. The van der Waals surface area contributed by atoms with E-state index in [0.717, 1.165) is 11.4 Å². The van der Waals surface area contributed by atoms with Crippen LogP contribution in [0.5, 0.6) is 0 Å². The van der Waals surface area contributed by atoms with Gasteiger partial charge in [-0.25, -0.2) is 0 Å². The first kappa shape index (κ1) is 14.7. The molecule has 1 N–H and O–H groups in total. The molecule has 5 heteroatoms. The van der Waals surface area contributed by atoms with Gasteiger partial charge in [-0.3, -0.25) is 9.48 Å². The Balaban J connectivity index is 2.62. The molecule has 0 radical (unpaired) electrons. The number of nitrogens with one attached hydrogen (secondary N) is 1. The second-order valence-corrected chi connectivity index (χ2v) is 4.75. The molecule has 102 valence electrons. The molecule has 0 aliphatic rings. The maximum Gasteiger partial charge on any atom is 0.309 e. The van der Waals surface area contributed by atoms with Gasteiger partial charge in [-0.15, -0.1) is 0 Å². The molecule has 1 heterocycles. The standard InChI is InChI=1S/C13H23N3O2/c1-8(13(17)18-6)9(2)14-7-12-10(3)15-16(5)11(12)4/h8-9,14H,7H2,1-6H3. The summed E-state index contributed by atoms with van der Waals surface area (Å²) in [6.45, 7) is 8.62. The highest BCUT2D eigenvalue weighted by Crippen LogP contribution is 2.13. The molecule has 0 bridgehead atoms. The Hall–Kier alpha value is -1.36. The summed E-state index contributed by atoms with van der Waals surface area (Å²) >= 11 is 0. The number of methoxy groups -OCH3 is 1. The van der Waals surface area contributed by atoms with Gasteiger partial charge < -0.3 is 10.1 Å². The van der Waals surface area contributed by atoms with Gasteiger partial charge in [0.15, 0.2) is 0 Å². The molecule has 1 aromatic rings. The van der Waals surface area contributed by atoms with E-state index in [-0.39, 0.29) is 17.9 Å². The lowest BCUT2D eigenvalue weighted by Gasteiger charge is -2.19. The quantitative estimate of drug-likeness (QED) is 0.804. The van der Waals surface area contributed by atoms with E-state index in [1.54, 1.807) is 0 Å². The summed E-state index contributed by atoms with van der Waals surface area (Å²) in [6.07, 6.45) is 0. The summed E-state index contributed by atoms with van der Waals surface area (Å²) in [7, 11) is 3.35. The van der Waals surface area contributed by atoms with E-state index >= 15 is 0 Å². The van der Waals surface area contributed by atoms with Crippen LogP contribution in [0.4, 0.5) is 0 Å². The lowest BCUT2D eigenvalue weighted by molar-refractivity contribution is -0.145. The first-order chi connectivity index (χ1) is 8.38. The van der Waals surface area contributed by atoms with Crippen LogP contribution < -0.4 is 5.32 Å². The van der Waals surface area contributed by atoms with E-state index in [2.05, 4.69) is 10.4 Å². The number of carbonyl (C=O) groups excluding carboxylic acids is 1. The summed E-state index contributed by atoms with van der Waals surface area (Å²) in [5.41, 5.74) is 3.37. The van der Waals surface area contributed by atoms with E-state index in [1.807, 2.05) is 39.4 Å². The van der Waals surface area contributed by atoms with Gasteiger partial charge in [0.1, 0.15) is 0 Å². The highest BCUT2D eigenvalue weighted by Gasteiger charge is 2.21. The minimum absolute atomic E-state index is 0.0662. The molecule has 0 saturated heterocycles. The van der Waals surface area contributed by atoms with Crippen molar-refractivity contribution < 1.29 is 9.53 Å². The van der Waals surface area contributed by atoms with E-state index < -0.39 is 0 Å². The molecule has 2 unspecified atom stereocenters. The number of rotatable bonds is 5. The van der Waals surface area contributed by atoms with Crippen molar-refractivity contribution in [3.05, 3.63) is 17.0 Å². The van der Waals surface area contributed by atoms with Gasteiger partial charge in [-0.1, -0.05) is 6.92 Å². The molecule has 5 nitrogen and oxygen atoms in total. The summed E-state index contributed by atoms with van der Waals surface area (Å²) in [5, 5.41) is 7.72. The van der Waals surface area contributed by atoms with Crippen LogP contribution in [0.15, 0.2) is 0 Å². The van der Waals surface area contributed by atoms with Crippen LogP contribution in [0, 0.1) is 19.8 Å². The first-order valence-corrected chi connectivity index (χ1v) is 6.18. The number of carbonyl (C=O) groups is 1. The summed E-state index contributed by atoms with van der Waals surface area (Å²) in [4.78, 5) is 11.4. The molecule has 0 amide bonds. The van der Waals surface area contributed by atoms with Crippen molar-refractivity contribution >= 4 is 5.97 Å². The zero-order valence-corrected chi connectivity index (χ0v) is 12.1. The van der Waals surface area contributed by atoms with Crippen molar-refractivity contribution in [1.29, 1.82) is 0 Å². The van der Waals surface area contributed by atoms with Crippen LogP contribution in [0.3, 0.4) is 0 Å². The topological polar surface area (TPSA) is 56.1 Å². The van der Waals surface area contributed by atoms with E-state index in [0.29, 0.717) is 6.54 Å².